The number of benzene rings is 1. The topological polar surface area (TPSA) is 41.6 Å². The SMILES string of the molecule is CCCNC(=O)C1CCN(Cc2ccc(OC)c(Br)c2)CC1. The normalized spacial score (nSPS) is 16.5. The van der Waals surface area contributed by atoms with Crippen LogP contribution in [0.2, 0.25) is 0 Å². The molecule has 1 saturated heterocycles. The predicted molar refractivity (Wildman–Crippen MR) is 92.0 cm³/mol. The third kappa shape index (κ3) is 4.71. The van der Waals surface area contributed by atoms with Gasteiger partial charge in [-0.3, -0.25) is 9.69 Å². The van der Waals surface area contributed by atoms with Crippen LogP contribution in [-0.4, -0.2) is 37.6 Å². The first-order chi connectivity index (χ1) is 10.6. The molecule has 22 heavy (non-hydrogen) atoms. The Kier molecular flexibility index (Phi) is 6.70. The van der Waals surface area contributed by atoms with E-state index < -0.39 is 0 Å². The minimum absolute atomic E-state index is 0.186. The van der Waals surface area contributed by atoms with Crippen molar-refractivity contribution < 1.29 is 9.53 Å². The van der Waals surface area contributed by atoms with Gasteiger partial charge in [0.1, 0.15) is 5.75 Å². The summed E-state index contributed by atoms with van der Waals surface area (Å²) in [5.41, 5.74) is 1.27. The van der Waals surface area contributed by atoms with Crippen LogP contribution < -0.4 is 10.1 Å². The van der Waals surface area contributed by atoms with E-state index in [9.17, 15) is 4.79 Å². The van der Waals surface area contributed by atoms with Gasteiger partial charge in [0.15, 0.2) is 0 Å². The lowest BCUT2D eigenvalue weighted by Gasteiger charge is -2.31. The van der Waals surface area contributed by atoms with Crippen LogP contribution in [0.5, 0.6) is 5.75 Å². The number of carbonyl (C=O) groups is 1. The van der Waals surface area contributed by atoms with E-state index in [1.807, 2.05) is 6.07 Å². The third-order valence-electron chi connectivity index (χ3n) is 4.13. The molecule has 0 unspecified atom stereocenters. The number of ether oxygens (including phenoxy) is 1. The highest BCUT2D eigenvalue weighted by Crippen LogP contribution is 2.27. The Morgan fingerprint density at radius 2 is 2.14 bits per heavy atom. The molecule has 1 N–H and O–H groups in total. The molecule has 0 bridgehead atoms. The van der Waals surface area contributed by atoms with Gasteiger partial charge in [-0.2, -0.15) is 0 Å². The summed E-state index contributed by atoms with van der Waals surface area (Å²) in [7, 11) is 1.67. The number of hydrogen-bond acceptors (Lipinski definition) is 3. The Labute approximate surface area is 141 Å². The quantitative estimate of drug-likeness (QED) is 0.838. The molecule has 1 aromatic carbocycles. The number of amides is 1. The Balaban J connectivity index is 1.82. The van der Waals surface area contributed by atoms with Crippen molar-refractivity contribution in [3.05, 3.63) is 28.2 Å². The number of carbonyl (C=O) groups excluding carboxylic acids is 1. The van der Waals surface area contributed by atoms with Crippen LogP contribution in [0.3, 0.4) is 0 Å². The van der Waals surface area contributed by atoms with E-state index >= 15 is 0 Å². The summed E-state index contributed by atoms with van der Waals surface area (Å²) in [5, 5.41) is 3.01. The minimum atomic E-state index is 0.186. The summed E-state index contributed by atoms with van der Waals surface area (Å²) in [5.74, 6) is 1.27. The smallest absolute Gasteiger partial charge is 0.223 e. The highest BCUT2D eigenvalue weighted by molar-refractivity contribution is 9.10. The Bertz CT molecular complexity index is 499. The van der Waals surface area contributed by atoms with Gasteiger partial charge < -0.3 is 10.1 Å². The van der Waals surface area contributed by atoms with Crippen LogP contribution in [0.15, 0.2) is 22.7 Å². The fraction of sp³-hybridized carbons (Fsp3) is 0.588. The van der Waals surface area contributed by atoms with Crippen molar-refractivity contribution in [3.8, 4) is 5.75 Å². The second-order valence-corrected chi connectivity index (χ2v) is 6.66. The van der Waals surface area contributed by atoms with E-state index in [0.29, 0.717) is 0 Å². The zero-order chi connectivity index (χ0) is 15.9. The predicted octanol–water partition coefficient (Wildman–Crippen LogP) is 3.20. The lowest BCUT2D eigenvalue weighted by molar-refractivity contribution is -0.126. The maximum atomic E-state index is 12.0. The van der Waals surface area contributed by atoms with Crippen LogP contribution in [0, 0.1) is 5.92 Å². The molecule has 1 aliphatic heterocycles. The number of rotatable bonds is 6. The van der Waals surface area contributed by atoms with Gasteiger partial charge in [-0.1, -0.05) is 13.0 Å². The van der Waals surface area contributed by atoms with Gasteiger partial charge in [0, 0.05) is 19.0 Å². The van der Waals surface area contributed by atoms with Crippen LogP contribution >= 0.6 is 15.9 Å². The standard InChI is InChI=1S/C17H25BrN2O2/c1-3-8-19-17(21)14-6-9-20(10-7-14)12-13-4-5-16(22-2)15(18)11-13/h4-5,11,14H,3,6-10,12H2,1-2H3,(H,19,21). The van der Waals surface area contributed by atoms with E-state index in [2.05, 4.69) is 45.2 Å². The van der Waals surface area contributed by atoms with Gasteiger partial charge in [-0.15, -0.1) is 0 Å². The zero-order valence-corrected chi connectivity index (χ0v) is 15.0. The number of likely N-dealkylation sites (tertiary alicyclic amines) is 1. The van der Waals surface area contributed by atoms with Crippen molar-refractivity contribution >= 4 is 21.8 Å². The number of piperidine rings is 1. The van der Waals surface area contributed by atoms with E-state index in [1.54, 1.807) is 7.11 Å². The van der Waals surface area contributed by atoms with Crippen molar-refractivity contribution in [2.24, 2.45) is 5.92 Å². The van der Waals surface area contributed by atoms with Crippen LogP contribution in [0.4, 0.5) is 0 Å². The summed E-state index contributed by atoms with van der Waals surface area (Å²) in [6.07, 6.45) is 2.90. The first-order valence-electron chi connectivity index (χ1n) is 7.96. The first kappa shape index (κ1) is 17.3. The van der Waals surface area contributed by atoms with E-state index in [4.69, 9.17) is 4.74 Å². The minimum Gasteiger partial charge on any atom is -0.496 e. The largest absolute Gasteiger partial charge is 0.496 e. The molecule has 1 aliphatic rings. The molecule has 4 nitrogen and oxygen atoms in total. The van der Waals surface area contributed by atoms with Crippen molar-refractivity contribution in [2.45, 2.75) is 32.7 Å². The van der Waals surface area contributed by atoms with E-state index in [-0.39, 0.29) is 11.8 Å². The number of halogens is 1. The van der Waals surface area contributed by atoms with Crippen molar-refractivity contribution in [2.75, 3.05) is 26.7 Å². The Morgan fingerprint density at radius 1 is 1.41 bits per heavy atom. The zero-order valence-electron chi connectivity index (χ0n) is 13.4. The average molecular weight is 369 g/mol. The second kappa shape index (κ2) is 8.53. The molecule has 2 rings (SSSR count). The highest BCUT2D eigenvalue weighted by Gasteiger charge is 2.24. The molecular weight excluding hydrogens is 344 g/mol. The molecule has 0 radical (unpaired) electrons. The molecule has 1 fully saturated rings. The summed E-state index contributed by atoms with van der Waals surface area (Å²) < 4.78 is 6.24. The van der Waals surface area contributed by atoms with Crippen LogP contribution in [0.25, 0.3) is 0 Å². The van der Waals surface area contributed by atoms with Crippen molar-refractivity contribution in [1.29, 1.82) is 0 Å². The fourth-order valence-electron chi connectivity index (χ4n) is 2.81. The van der Waals surface area contributed by atoms with Crippen LogP contribution in [0.1, 0.15) is 31.7 Å². The molecule has 0 spiro atoms. The molecule has 0 aliphatic carbocycles. The molecule has 5 heteroatoms. The number of nitrogens with zero attached hydrogens (tertiary/aromatic N) is 1. The Morgan fingerprint density at radius 3 is 2.73 bits per heavy atom. The lowest BCUT2D eigenvalue weighted by Crippen LogP contribution is -2.40. The van der Waals surface area contributed by atoms with E-state index in [1.165, 1.54) is 5.56 Å². The van der Waals surface area contributed by atoms with Gasteiger partial charge in [-0.05, 0) is 66.0 Å². The third-order valence-corrected chi connectivity index (χ3v) is 4.75. The highest BCUT2D eigenvalue weighted by atomic mass is 79.9. The monoisotopic (exact) mass is 368 g/mol. The molecular formula is C17H25BrN2O2. The summed E-state index contributed by atoms with van der Waals surface area (Å²) in [6.45, 7) is 5.75. The molecule has 0 atom stereocenters. The van der Waals surface area contributed by atoms with E-state index in [0.717, 1.165) is 55.7 Å². The lowest BCUT2D eigenvalue weighted by atomic mass is 9.95. The Hall–Kier alpha value is -1.07. The average Bonchev–Trinajstić information content (AvgIpc) is 2.53. The maximum Gasteiger partial charge on any atom is 0.223 e. The number of methoxy groups -OCH3 is 1. The van der Waals surface area contributed by atoms with Crippen LogP contribution in [-0.2, 0) is 11.3 Å². The molecule has 0 aromatic heterocycles. The van der Waals surface area contributed by atoms with Crippen molar-refractivity contribution in [3.63, 3.8) is 0 Å². The number of nitrogens with one attached hydrogen (secondary N) is 1. The molecule has 122 valence electrons. The second-order valence-electron chi connectivity index (χ2n) is 5.81. The maximum absolute atomic E-state index is 12.0. The van der Waals surface area contributed by atoms with Gasteiger partial charge in [0.25, 0.3) is 0 Å². The first-order valence-corrected chi connectivity index (χ1v) is 8.75. The van der Waals surface area contributed by atoms with Gasteiger partial charge >= 0.3 is 0 Å². The summed E-state index contributed by atoms with van der Waals surface area (Å²) >= 11 is 3.53. The fourth-order valence-corrected chi connectivity index (χ4v) is 3.40. The van der Waals surface area contributed by atoms with Gasteiger partial charge in [0.05, 0.1) is 11.6 Å². The molecule has 0 saturated carbocycles. The molecule has 1 aromatic rings. The molecule has 1 amide bonds. The van der Waals surface area contributed by atoms with Crippen molar-refractivity contribution in [1.82, 2.24) is 10.2 Å². The molecule has 1 heterocycles. The summed E-state index contributed by atoms with van der Waals surface area (Å²) in [6, 6.07) is 6.20. The summed E-state index contributed by atoms with van der Waals surface area (Å²) in [4.78, 5) is 14.4. The number of hydrogen-bond donors (Lipinski definition) is 1. The van der Waals surface area contributed by atoms with Gasteiger partial charge in [0.2, 0.25) is 5.91 Å². The van der Waals surface area contributed by atoms with Gasteiger partial charge in [-0.25, -0.2) is 0 Å².